The molecule has 0 aromatic rings. The Morgan fingerprint density at radius 1 is 1.00 bits per heavy atom. The largest absolute Gasteiger partial charge is 0.367 e. The van der Waals surface area contributed by atoms with Crippen molar-refractivity contribution in [1.82, 2.24) is 5.32 Å². The Bertz CT molecular complexity index is 313. The molecular formula is C14H27NO2. The molecule has 2 saturated heterocycles. The maximum absolute atomic E-state index is 6.53. The molecule has 2 fully saturated rings. The van der Waals surface area contributed by atoms with Crippen molar-refractivity contribution in [2.45, 2.75) is 76.8 Å². The zero-order valence-electron chi connectivity index (χ0n) is 12.1. The van der Waals surface area contributed by atoms with E-state index in [0.717, 1.165) is 25.9 Å². The first-order valence-electron chi connectivity index (χ1n) is 6.75. The van der Waals surface area contributed by atoms with E-state index in [0.29, 0.717) is 0 Å². The Balaban J connectivity index is 2.30. The van der Waals surface area contributed by atoms with Crippen LogP contribution < -0.4 is 5.32 Å². The predicted octanol–water partition coefficient (Wildman–Crippen LogP) is 2.49. The molecule has 0 amide bonds. The first-order chi connectivity index (χ1) is 7.64. The number of ether oxygens (including phenoxy) is 2. The van der Waals surface area contributed by atoms with Gasteiger partial charge in [-0.25, -0.2) is 0 Å². The van der Waals surface area contributed by atoms with E-state index in [1.807, 2.05) is 0 Å². The highest BCUT2D eigenvalue weighted by atomic mass is 16.6. The third kappa shape index (κ3) is 2.13. The molecule has 0 radical (unpaired) electrons. The van der Waals surface area contributed by atoms with Crippen molar-refractivity contribution in [1.29, 1.82) is 0 Å². The normalized spacial score (nSPS) is 44.1. The summed E-state index contributed by atoms with van der Waals surface area (Å²) < 4.78 is 12.7. The van der Waals surface area contributed by atoms with Gasteiger partial charge in [-0.2, -0.15) is 0 Å². The molecule has 100 valence electrons. The number of hydrogen-bond acceptors (Lipinski definition) is 3. The minimum Gasteiger partial charge on any atom is -0.367 e. The van der Waals surface area contributed by atoms with E-state index in [1.165, 1.54) is 0 Å². The molecule has 2 heterocycles. The van der Waals surface area contributed by atoms with Gasteiger partial charge in [0.05, 0.1) is 16.8 Å². The van der Waals surface area contributed by atoms with Gasteiger partial charge in [-0.05, 0) is 41.0 Å². The van der Waals surface area contributed by atoms with Gasteiger partial charge >= 0.3 is 0 Å². The van der Waals surface area contributed by atoms with Crippen molar-refractivity contribution >= 4 is 0 Å². The lowest BCUT2D eigenvalue weighted by atomic mass is 9.79. The molecule has 2 unspecified atom stereocenters. The summed E-state index contributed by atoms with van der Waals surface area (Å²) in [6, 6.07) is 0. The van der Waals surface area contributed by atoms with Crippen molar-refractivity contribution in [3.8, 4) is 0 Å². The van der Waals surface area contributed by atoms with Crippen LogP contribution in [0.2, 0.25) is 0 Å². The first-order valence-corrected chi connectivity index (χ1v) is 6.75. The minimum atomic E-state index is -0.236. The second-order valence-electron chi connectivity index (χ2n) is 7.05. The lowest BCUT2D eigenvalue weighted by molar-refractivity contribution is -0.221. The fraction of sp³-hybridized carbons (Fsp3) is 1.00. The van der Waals surface area contributed by atoms with Crippen LogP contribution in [0.15, 0.2) is 0 Å². The molecule has 0 saturated carbocycles. The van der Waals surface area contributed by atoms with Crippen molar-refractivity contribution in [2.75, 3.05) is 13.1 Å². The molecule has 0 aromatic carbocycles. The topological polar surface area (TPSA) is 30.5 Å². The molecule has 2 rings (SSSR count). The lowest BCUT2D eigenvalue weighted by Gasteiger charge is -2.50. The zero-order chi connectivity index (χ0) is 12.9. The van der Waals surface area contributed by atoms with Crippen LogP contribution in [0.5, 0.6) is 0 Å². The monoisotopic (exact) mass is 241 g/mol. The van der Waals surface area contributed by atoms with Crippen LogP contribution in [0.3, 0.4) is 0 Å². The highest BCUT2D eigenvalue weighted by Crippen LogP contribution is 2.50. The van der Waals surface area contributed by atoms with Gasteiger partial charge in [0, 0.05) is 19.5 Å². The van der Waals surface area contributed by atoms with Crippen LogP contribution in [0, 0.1) is 0 Å². The summed E-state index contributed by atoms with van der Waals surface area (Å²) in [4.78, 5) is 0. The van der Waals surface area contributed by atoms with Gasteiger partial charge in [-0.15, -0.1) is 0 Å². The van der Waals surface area contributed by atoms with Crippen molar-refractivity contribution in [3.05, 3.63) is 0 Å². The van der Waals surface area contributed by atoms with Crippen LogP contribution in [0.4, 0.5) is 0 Å². The van der Waals surface area contributed by atoms with E-state index in [4.69, 9.17) is 9.47 Å². The number of morpholine rings is 1. The highest BCUT2D eigenvalue weighted by molar-refractivity contribution is 5.11. The molecule has 2 aliphatic heterocycles. The Hall–Kier alpha value is -0.120. The molecule has 0 aromatic heterocycles. The van der Waals surface area contributed by atoms with Crippen LogP contribution in [-0.2, 0) is 9.47 Å². The average molecular weight is 241 g/mol. The fourth-order valence-corrected chi connectivity index (χ4v) is 3.42. The molecule has 17 heavy (non-hydrogen) atoms. The van der Waals surface area contributed by atoms with Crippen molar-refractivity contribution in [3.63, 3.8) is 0 Å². The van der Waals surface area contributed by atoms with Gasteiger partial charge in [0.25, 0.3) is 0 Å². The summed E-state index contributed by atoms with van der Waals surface area (Å²) in [5.74, 6) is 0. The summed E-state index contributed by atoms with van der Waals surface area (Å²) in [5, 5.41) is 3.55. The Labute approximate surface area is 105 Å². The van der Waals surface area contributed by atoms with E-state index in [2.05, 4.69) is 46.9 Å². The number of rotatable bonds is 1. The molecule has 3 nitrogen and oxygen atoms in total. The quantitative estimate of drug-likeness (QED) is 0.765. The van der Waals surface area contributed by atoms with Gasteiger partial charge in [0.1, 0.15) is 5.60 Å². The average Bonchev–Trinajstić information content (AvgIpc) is 2.31. The molecule has 1 N–H and O–H groups in total. The molecule has 3 heteroatoms. The zero-order valence-corrected chi connectivity index (χ0v) is 12.1. The third-order valence-electron chi connectivity index (χ3n) is 4.44. The Morgan fingerprint density at radius 3 is 2.12 bits per heavy atom. The van der Waals surface area contributed by atoms with E-state index in [9.17, 15) is 0 Å². The Kier molecular flexibility index (Phi) is 2.89. The molecule has 1 spiro atoms. The van der Waals surface area contributed by atoms with Crippen molar-refractivity contribution in [2.24, 2.45) is 0 Å². The van der Waals surface area contributed by atoms with E-state index < -0.39 is 0 Å². The molecule has 0 bridgehead atoms. The molecular weight excluding hydrogens is 214 g/mol. The van der Waals surface area contributed by atoms with Gasteiger partial charge in [-0.3, -0.25) is 0 Å². The number of nitrogens with one attached hydrogen (secondary N) is 1. The lowest BCUT2D eigenvalue weighted by Crippen LogP contribution is -2.65. The predicted molar refractivity (Wildman–Crippen MR) is 69.2 cm³/mol. The van der Waals surface area contributed by atoms with E-state index in [-0.39, 0.29) is 22.4 Å². The fourth-order valence-electron chi connectivity index (χ4n) is 3.42. The Morgan fingerprint density at radius 2 is 1.65 bits per heavy atom. The van der Waals surface area contributed by atoms with Crippen LogP contribution in [-0.4, -0.2) is 35.5 Å². The first kappa shape index (κ1) is 13.3. The van der Waals surface area contributed by atoms with Crippen LogP contribution in [0.25, 0.3) is 0 Å². The maximum atomic E-state index is 6.53. The van der Waals surface area contributed by atoms with Crippen LogP contribution in [0.1, 0.15) is 54.4 Å². The molecule has 0 aliphatic carbocycles. The summed E-state index contributed by atoms with van der Waals surface area (Å²) in [7, 11) is 0. The SMILES string of the molecule is CCC1(C)CNCC2(CC(C)(C)OC2(C)C)O1. The van der Waals surface area contributed by atoms with E-state index in [1.54, 1.807) is 0 Å². The second-order valence-corrected chi connectivity index (χ2v) is 7.05. The van der Waals surface area contributed by atoms with Gasteiger partial charge in [0.15, 0.2) is 0 Å². The minimum absolute atomic E-state index is 0.0701. The second kappa shape index (κ2) is 3.69. The van der Waals surface area contributed by atoms with Gasteiger partial charge < -0.3 is 14.8 Å². The standard InChI is InChI=1S/C14H27NO2/c1-7-13(6)9-15-10-14(17-13)8-11(2,3)16-12(14,4)5/h15H,7-10H2,1-6H3. The van der Waals surface area contributed by atoms with Crippen LogP contribution >= 0.6 is 0 Å². The highest BCUT2D eigenvalue weighted by Gasteiger charge is 2.61. The molecule has 2 atom stereocenters. The number of hydrogen-bond donors (Lipinski definition) is 1. The van der Waals surface area contributed by atoms with Gasteiger partial charge in [0.2, 0.25) is 0 Å². The summed E-state index contributed by atoms with van der Waals surface area (Å²) in [5.41, 5.74) is -0.601. The van der Waals surface area contributed by atoms with Crippen molar-refractivity contribution < 1.29 is 9.47 Å². The summed E-state index contributed by atoms with van der Waals surface area (Å²) in [6.45, 7) is 14.8. The maximum Gasteiger partial charge on any atom is 0.112 e. The summed E-state index contributed by atoms with van der Waals surface area (Å²) >= 11 is 0. The third-order valence-corrected chi connectivity index (χ3v) is 4.44. The smallest absolute Gasteiger partial charge is 0.112 e. The van der Waals surface area contributed by atoms with Gasteiger partial charge in [-0.1, -0.05) is 6.92 Å². The summed E-state index contributed by atoms with van der Waals surface area (Å²) in [6.07, 6.45) is 1.98. The molecule has 2 aliphatic rings. The van der Waals surface area contributed by atoms with E-state index >= 15 is 0 Å².